The first-order chi connectivity index (χ1) is 8.09. The Labute approximate surface area is 97.0 Å². The largest absolute Gasteiger partial charge is 0.274 e. The summed E-state index contributed by atoms with van der Waals surface area (Å²) in [5.74, 6) is -0.608. The number of nitro benzene ring substituents is 1. The van der Waals surface area contributed by atoms with Gasteiger partial charge in [0.25, 0.3) is 5.69 Å². The van der Waals surface area contributed by atoms with Gasteiger partial charge in [0.15, 0.2) is 0 Å². The first-order valence-corrected chi connectivity index (χ1v) is 5.20. The fourth-order valence-electron chi connectivity index (χ4n) is 1.79. The second-order valence-corrected chi connectivity index (χ2v) is 3.75. The van der Waals surface area contributed by atoms with Crippen molar-refractivity contribution < 1.29 is 14.5 Å². The van der Waals surface area contributed by atoms with E-state index < -0.39 is 4.92 Å². The quantitative estimate of drug-likeness (QED) is 0.442. The van der Waals surface area contributed by atoms with E-state index in [4.69, 9.17) is 0 Å². The van der Waals surface area contributed by atoms with E-state index in [1.54, 1.807) is 0 Å². The van der Waals surface area contributed by atoms with Gasteiger partial charge in [0.2, 0.25) is 11.8 Å². The van der Waals surface area contributed by atoms with Gasteiger partial charge >= 0.3 is 0 Å². The van der Waals surface area contributed by atoms with E-state index in [1.807, 2.05) is 0 Å². The predicted octanol–water partition coefficient (Wildman–Crippen LogP) is 1.64. The highest BCUT2D eigenvalue weighted by molar-refractivity contribution is 6.16. The van der Waals surface area contributed by atoms with E-state index in [-0.39, 0.29) is 23.2 Å². The highest BCUT2D eigenvalue weighted by atomic mass is 16.6. The summed E-state index contributed by atoms with van der Waals surface area (Å²) in [5, 5.41) is 10.6. The van der Waals surface area contributed by atoms with Crippen LogP contribution in [0.15, 0.2) is 24.3 Å². The Morgan fingerprint density at radius 3 is 2.41 bits per heavy atom. The maximum Gasteiger partial charge on any atom is 0.271 e. The Balaban J connectivity index is 2.38. The number of hydrogen-bond donors (Lipinski definition) is 0. The number of hydrogen-bond acceptors (Lipinski definition) is 4. The summed E-state index contributed by atoms with van der Waals surface area (Å²) in [7, 11) is 0. The van der Waals surface area contributed by atoms with Gasteiger partial charge in [0, 0.05) is 25.0 Å². The third-order valence-corrected chi connectivity index (χ3v) is 2.58. The molecule has 1 aliphatic rings. The number of nitrogens with zero attached hydrogens (tertiary/aromatic N) is 2. The fraction of sp³-hybridized carbons (Fsp3) is 0.273. The van der Waals surface area contributed by atoms with Crippen molar-refractivity contribution in [2.75, 3.05) is 4.90 Å². The van der Waals surface area contributed by atoms with Crippen molar-refractivity contribution in [3.8, 4) is 0 Å². The molecule has 0 radical (unpaired) electrons. The number of anilines is 1. The lowest BCUT2D eigenvalue weighted by Crippen LogP contribution is -2.40. The summed E-state index contributed by atoms with van der Waals surface area (Å²) < 4.78 is 0. The van der Waals surface area contributed by atoms with Gasteiger partial charge in [-0.2, -0.15) is 0 Å². The van der Waals surface area contributed by atoms with Crippen molar-refractivity contribution in [2.24, 2.45) is 0 Å². The van der Waals surface area contributed by atoms with Gasteiger partial charge in [0.05, 0.1) is 10.6 Å². The summed E-state index contributed by atoms with van der Waals surface area (Å²) in [6, 6.07) is 5.54. The van der Waals surface area contributed by atoms with Gasteiger partial charge in [0.1, 0.15) is 0 Å². The van der Waals surface area contributed by atoms with Crippen LogP contribution in [0.2, 0.25) is 0 Å². The zero-order valence-electron chi connectivity index (χ0n) is 8.96. The first kappa shape index (κ1) is 11.3. The summed E-state index contributed by atoms with van der Waals surface area (Å²) in [5.41, 5.74) is 0.141. The van der Waals surface area contributed by atoms with Crippen LogP contribution in [0.25, 0.3) is 0 Å². The molecule has 6 heteroatoms. The van der Waals surface area contributed by atoms with Crippen LogP contribution in [-0.4, -0.2) is 16.7 Å². The topological polar surface area (TPSA) is 80.5 Å². The molecule has 0 aliphatic carbocycles. The van der Waals surface area contributed by atoms with E-state index in [1.165, 1.54) is 24.3 Å². The van der Waals surface area contributed by atoms with Gasteiger partial charge < -0.3 is 0 Å². The van der Waals surface area contributed by atoms with Gasteiger partial charge in [-0.3, -0.25) is 24.6 Å². The minimum atomic E-state index is -0.553. The van der Waals surface area contributed by atoms with Crippen molar-refractivity contribution >= 4 is 23.2 Å². The van der Waals surface area contributed by atoms with Crippen LogP contribution < -0.4 is 4.90 Å². The number of carbonyl (C=O) groups is 2. The number of rotatable bonds is 2. The average Bonchev–Trinajstić information content (AvgIpc) is 2.29. The number of carbonyl (C=O) groups excluding carboxylic acids is 2. The number of imide groups is 1. The molecule has 0 bridgehead atoms. The molecule has 2 rings (SSSR count). The molecule has 1 heterocycles. The number of nitro groups is 1. The Hall–Kier alpha value is -2.24. The molecule has 0 N–H and O–H groups in total. The minimum Gasteiger partial charge on any atom is -0.274 e. The molecular formula is C11H10N2O4. The molecule has 1 fully saturated rings. The molecule has 0 aromatic heterocycles. The van der Waals surface area contributed by atoms with E-state index in [9.17, 15) is 19.7 Å². The summed E-state index contributed by atoms with van der Waals surface area (Å²) in [6.45, 7) is 0. The third-order valence-electron chi connectivity index (χ3n) is 2.58. The Bertz CT molecular complexity index is 482. The van der Waals surface area contributed by atoms with Crippen LogP contribution in [0.3, 0.4) is 0 Å². The van der Waals surface area contributed by atoms with Crippen molar-refractivity contribution in [3.63, 3.8) is 0 Å². The lowest BCUT2D eigenvalue weighted by atomic mass is 10.1. The van der Waals surface area contributed by atoms with Crippen LogP contribution in [0, 0.1) is 10.1 Å². The van der Waals surface area contributed by atoms with Crippen LogP contribution >= 0.6 is 0 Å². The fourth-order valence-corrected chi connectivity index (χ4v) is 1.79. The number of amides is 2. The van der Waals surface area contributed by atoms with E-state index in [0.29, 0.717) is 19.3 Å². The molecule has 1 saturated heterocycles. The lowest BCUT2D eigenvalue weighted by molar-refractivity contribution is -0.384. The molecule has 17 heavy (non-hydrogen) atoms. The molecule has 2 amide bonds. The number of benzene rings is 1. The molecule has 1 aliphatic heterocycles. The SMILES string of the molecule is O=C1CCCC(=O)N1c1cccc([N+](=O)[O-])c1. The van der Waals surface area contributed by atoms with Gasteiger partial charge in [-0.25, -0.2) is 0 Å². The van der Waals surface area contributed by atoms with Gasteiger partial charge in [-0.15, -0.1) is 0 Å². The van der Waals surface area contributed by atoms with Crippen LogP contribution in [0.4, 0.5) is 11.4 Å². The zero-order valence-corrected chi connectivity index (χ0v) is 8.96. The molecular weight excluding hydrogens is 224 g/mol. The predicted molar refractivity (Wildman–Crippen MR) is 59.4 cm³/mol. The standard InChI is InChI=1S/C11H10N2O4/c14-10-5-2-6-11(15)12(10)8-3-1-4-9(7-8)13(16)17/h1,3-4,7H,2,5-6H2. The van der Waals surface area contributed by atoms with Crippen LogP contribution in [0.5, 0.6) is 0 Å². The Morgan fingerprint density at radius 2 is 1.82 bits per heavy atom. The normalized spacial score (nSPS) is 16.1. The molecule has 1 aromatic rings. The number of piperidine rings is 1. The summed E-state index contributed by atoms with van der Waals surface area (Å²) in [4.78, 5) is 34.3. The summed E-state index contributed by atoms with van der Waals surface area (Å²) >= 11 is 0. The first-order valence-electron chi connectivity index (χ1n) is 5.20. The second kappa shape index (κ2) is 4.32. The minimum absolute atomic E-state index is 0.131. The average molecular weight is 234 g/mol. The van der Waals surface area contributed by atoms with Crippen molar-refractivity contribution in [3.05, 3.63) is 34.4 Å². The van der Waals surface area contributed by atoms with Crippen molar-refractivity contribution in [2.45, 2.75) is 19.3 Å². The molecule has 1 aromatic carbocycles. The monoisotopic (exact) mass is 234 g/mol. The maximum absolute atomic E-state index is 11.6. The molecule has 6 nitrogen and oxygen atoms in total. The Morgan fingerprint density at radius 1 is 1.18 bits per heavy atom. The zero-order chi connectivity index (χ0) is 12.4. The van der Waals surface area contributed by atoms with Gasteiger partial charge in [-0.1, -0.05) is 6.07 Å². The van der Waals surface area contributed by atoms with Crippen molar-refractivity contribution in [1.29, 1.82) is 0 Å². The molecule has 88 valence electrons. The molecule has 0 saturated carbocycles. The highest BCUT2D eigenvalue weighted by Crippen LogP contribution is 2.25. The van der Waals surface area contributed by atoms with Crippen molar-refractivity contribution in [1.82, 2.24) is 0 Å². The molecule has 0 unspecified atom stereocenters. The maximum atomic E-state index is 11.6. The van der Waals surface area contributed by atoms with E-state index in [2.05, 4.69) is 0 Å². The van der Waals surface area contributed by atoms with E-state index >= 15 is 0 Å². The van der Waals surface area contributed by atoms with Crippen LogP contribution in [-0.2, 0) is 9.59 Å². The van der Waals surface area contributed by atoms with Gasteiger partial charge in [-0.05, 0) is 12.5 Å². The number of non-ortho nitro benzene ring substituents is 1. The lowest BCUT2D eigenvalue weighted by Gasteiger charge is -2.24. The molecule has 0 atom stereocenters. The Kier molecular flexibility index (Phi) is 2.86. The second-order valence-electron chi connectivity index (χ2n) is 3.75. The third kappa shape index (κ3) is 2.15. The highest BCUT2D eigenvalue weighted by Gasteiger charge is 2.28. The smallest absolute Gasteiger partial charge is 0.271 e. The van der Waals surface area contributed by atoms with Crippen LogP contribution in [0.1, 0.15) is 19.3 Å². The summed E-state index contributed by atoms with van der Waals surface area (Å²) in [6.07, 6.45) is 1.14. The molecule has 0 spiro atoms. The van der Waals surface area contributed by atoms with E-state index in [0.717, 1.165) is 4.90 Å².